The van der Waals surface area contributed by atoms with E-state index in [1.54, 1.807) is 0 Å². The third-order valence-electron chi connectivity index (χ3n) is 5.08. The maximum Gasteiger partial charge on any atom is 0.0249 e. The Morgan fingerprint density at radius 3 is 2.71 bits per heavy atom. The molecule has 1 heterocycles. The minimum atomic E-state index is 0.436. The van der Waals surface area contributed by atoms with Crippen LogP contribution in [-0.2, 0) is 0 Å². The molecule has 2 N–H and O–H groups in total. The largest absolute Gasteiger partial charge is 0.326 e. The fourth-order valence-electron chi connectivity index (χ4n) is 3.66. The average Bonchev–Trinajstić information content (AvgIpc) is 2.55. The average molecular weight is 238 g/mol. The zero-order valence-electron chi connectivity index (χ0n) is 11.7. The maximum absolute atomic E-state index is 6.37. The molecule has 0 aromatic heterocycles. The van der Waals surface area contributed by atoms with E-state index in [4.69, 9.17) is 5.73 Å². The van der Waals surface area contributed by atoms with Crippen LogP contribution >= 0.6 is 0 Å². The second-order valence-corrected chi connectivity index (χ2v) is 6.39. The predicted octanol–water partition coefficient (Wildman–Crippen LogP) is 3.01. The zero-order chi connectivity index (χ0) is 12.3. The number of rotatable bonds is 2. The van der Waals surface area contributed by atoms with Crippen LogP contribution < -0.4 is 5.73 Å². The van der Waals surface area contributed by atoms with Gasteiger partial charge in [0.25, 0.3) is 0 Å². The molecule has 17 heavy (non-hydrogen) atoms. The molecule has 100 valence electrons. The van der Waals surface area contributed by atoms with Gasteiger partial charge >= 0.3 is 0 Å². The van der Waals surface area contributed by atoms with Crippen molar-refractivity contribution in [2.75, 3.05) is 13.1 Å². The van der Waals surface area contributed by atoms with Gasteiger partial charge in [-0.2, -0.15) is 0 Å². The standard InChI is InChI=1S/C15H30N2/c1-3-13-6-7-14(16)15(11-13)17-9-4-5-12(2)8-10-17/h12-15H,3-11,16H2,1-2H3. The molecule has 2 aliphatic rings. The molecule has 2 fully saturated rings. The van der Waals surface area contributed by atoms with Crippen molar-refractivity contribution in [3.63, 3.8) is 0 Å². The summed E-state index contributed by atoms with van der Waals surface area (Å²) in [7, 11) is 0. The van der Waals surface area contributed by atoms with E-state index < -0.39 is 0 Å². The van der Waals surface area contributed by atoms with Gasteiger partial charge in [0.05, 0.1) is 0 Å². The second kappa shape index (κ2) is 6.19. The Hall–Kier alpha value is -0.0800. The highest BCUT2D eigenvalue weighted by Gasteiger charge is 2.32. The SMILES string of the molecule is CCC1CCC(N)C(N2CCCC(C)CC2)C1. The van der Waals surface area contributed by atoms with Crippen molar-refractivity contribution in [2.24, 2.45) is 17.6 Å². The van der Waals surface area contributed by atoms with E-state index in [0.29, 0.717) is 12.1 Å². The molecule has 2 nitrogen and oxygen atoms in total. The highest BCUT2D eigenvalue weighted by atomic mass is 15.2. The Balaban J connectivity index is 1.93. The van der Waals surface area contributed by atoms with Crippen LogP contribution in [0, 0.1) is 11.8 Å². The first-order chi connectivity index (χ1) is 8.20. The molecule has 0 amide bonds. The van der Waals surface area contributed by atoms with E-state index in [2.05, 4.69) is 18.7 Å². The van der Waals surface area contributed by atoms with Crippen LogP contribution in [0.1, 0.15) is 58.8 Å². The van der Waals surface area contributed by atoms with Gasteiger partial charge in [-0.15, -0.1) is 0 Å². The van der Waals surface area contributed by atoms with Crippen molar-refractivity contribution < 1.29 is 0 Å². The van der Waals surface area contributed by atoms with Gasteiger partial charge in [-0.25, -0.2) is 0 Å². The van der Waals surface area contributed by atoms with Crippen molar-refractivity contribution in [1.29, 1.82) is 0 Å². The van der Waals surface area contributed by atoms with Crippen molar-refractivity contribution in [1.82, 2.24) is 4.90 Å². The second-order valence-electron chi connectivity index (χ2n) is 6.39. The Morgan fingerprint density at radius 1 is 1.12 bits per heavy atom. The van der Waals surface area contributed by atoms with Gasteiger partial charge in [-0.05, 0) is 63.5 Å². The molecule has 1 aliphatic carbocycles. The molecular weight excluding hydrogens is 208 g/mol. The molecule has 0 spiro atoms. The first-order valence-corrected chi connectivity index (χ1v) is 7.70. The van der Waals surface area contributed by atoms with Crippen LogP contribution in [0.5, 0.6) is 0 Å². The van der Waals surface area contributed by atoms with Crippen LogP contribution in [0.15, 0.2) is 0 Å². The molecular formula is C15H30N2. The highest BCUT2D eigenvalue weighted by molar-refractivity contribution is 4.89. The lowest BCUT2D eigenvalue weighted by atomic mass is 9.80. The summed E-state index contributed by atoms with van der Waals surface area (Å²) in [6.07, 6.45) is 9.46. The fraction of sp³-hybridized carbons (Fsp3) is 1.00. The van der Waals surface area contributed by atoms with Crippen LogP contribution in [0.25, 0.3) is 0 Å². The smallest absolute Gasteiger partial charge is 0.0249 e. The van der Waals surface area contributed by atoms with E-state index in [9.17, 15) is 0 Å². The summed E-state index contributed by atoms with van der Waals surface area (Å²) in [5.41, 5.74) is 6.37. The van der Waals surface area contributed by atoms with Gasteiger partial charge in [0.1, 0.15) is 0 Å². The molecule has 0 aromatic rings. The normalized spacial score (nSPS) is 41.1. The maximum atomic E-state index is 6.37. The molecule has 4 unspecified atom stereocenters. The summed E-state index contributed by atoms with van der Waals surface area (Å²) in [5.74, 6) is 1.85. The van der Waals surface area contributed by atoms with Gasteiger partial charge in [0, 0.05) is 12.1 Å². The lowest BCUT2D eigenvalue weighted by Crippen LogP contribution is -2.51. The molecule has 2 heteroatoms. The summed E-state index contributed by atoms with van der Waals surface area (Å²) in [4.78, 5) is 2.72. The van der Waals surface area contributed by atoms with Gasteiger partial charge < -0.3 is 5.73 Å². The Bertz CT molecular complexity index is 229. The summed E-state index contributed by atoms with van der Waals surface area (Å²) in [5, 5.41) is 0. The van der Waals surface area contributed by atoms with Gasteiger partial charge in [-0.1, -0.05) is 20.3 Å². The van der Waals surface area contributed by atoms with E-state index in [0.717, 1.165) is 11.8 Å². The first kappa shape index (κ1) is 13.4. The van der Waals surface area contributed by atoms with Crippen LogP contribution in [0.2, 0.25) is 0 Å². The number of nitrogens with zero attached hydrogens (tertiary/aromatic N) is 1. The monoisotopic (exact) mass is 238 g/mol. The minimum Gasteiger partial charge on any atom is -0.326 e. The van der Waals surface area contributed by atoms with Crippen LogP contribution in [-0.4, -0.2) is 30.1 Å². The van der Waals surface area contributed by atoms with Crippen molar-refractivity contribution in [3.05, 3.63) is 0 Å². The Labute approximate surface area is 107 Å². The number of nitrogens with two attached hydrogens (primary N) is 1. The van der Waals surface area contributed by atoms with E-state index >= 15 is 0 Å². The van der Waals surface area contributed by atoms with Crippen molar-refractivity contribution in [2.45, 2.75) is 70.9 Å². The molecule has 1 saturated carbocycles. The molecule has 1 saturated heterocycles. The minimum absolute atomic E-state index is 0.436. The van der Waals surface area contributed by atoms with Gasteiger partial charge in [0.15, 0.2) is 0 Å². The van der Waals surface area contributed by atoms with Crippen molar-refractivity contribution >= 4 is 0 Å². The lowest BCUT2D eigenvalue weighted by molar-refractivity contribution is 0.112. The number of likely N-dealkylation sites (tertiary alicyclic amines) is 1. The predicted molar refractivity (Wildman–Crippen MR) is 74.0 cm³/mol. The van der Waals surface area contributed by atoms with E-state index in [-0.39, 0.29) is 0 Å². The molecule has 4 atom stereocenters. The lowest BCUT2D eigenvalue weighted by Gasteiger charge is -2.41. The number of hydrogen-bond donors (Lipinski definition) is 1. The molecule has 0 radical (unpaired) electrons. The molecule has 0 aromatic carbocycles. The first-order valence-electron chi connectivity index (χ1n) is 7.70. The fourth-order valence-corrected chi connectivity index (χ4v) is 3.66. The Morgan fingerprint density at radius 2 is 1.94 bits per heavy atom. The zero-order valence-corrected chi connectivity index (χ0v) is 11.7. The quantitative estimate of drug-likeness (QED) is 0.801. The summed E-state index contributed by atoms with van der Waals surface area (Å²) >= 11 is 0. The van der Waals surface area contributed by atoms with Gasteiger partial charge in [0.2, 0.25) is 0 Å². The third-order valence-corrected chi connectivity index (χ3v) is 5.08. The summed E-state index contributed by atoms with van der Waals surface area (Å²) in [6.45, 7) is 7.32. The number of hydrogen-bond acceptors (Lipinski definition) is 2. The van der Waals surface area contributed by atoms with Gasteiger partial charge in [-0.3, -0.25) is 4.90 Å². The highest BCUT2D eigenvalue weighted by Crippen LogP contribution is 2.31. The summed E-state index contributed by atoms with van der Waals surface area (Å²) in [6, 6.07) is 1.12. The van der Waals surface area contributed by atoms with Crippen LogP contribution in [0.3, 0.4) is 0 Å². The third kappa shape index (κ3) is 3.45. The van der Waals surface area contributed by atoms with E-state index in [1.165, 1.54) is 58.0 Å². The Kier molecular flexibility index (Phi) is 4.87. The molecule has 0 bridgehead atoms. The topological polar surface area (TPSA) is 29.3 Å². The van der Waals surface area contributed by atoms with Crippen LogP contribution in [0.4, 0.5) is 0 Å². The van der Waals surface area contributed by atoms with E-state index in [1.807, 2.05) is 0 Å². The molecule has 2 rings (SSSR count). The summed E-state index contributed by atoms with van der Waals surface area (Å²) < 4.78 is 0. The van der Waals surface area contributed by atoms with Crippen molar-refractivity contribution in [3.8, 4) is 0 Å². The molecule has 1 aliphatic heterocycles.